The molecule has 0 atom stereocenters. The van der Waals surface area contributed by atoms with E-state index in [4.69, 9.17) is 4.74 Å². The second-order valence-electron chi connectivity index (χ2n) is 5.29. The quantitative estimate of drug-likeness (QED) is 0.870. The summed E-state index contributed by atoms with van der Waals surface area (Å²) < 4.78 is 10.6. The second kappa shape index (κ2) is 7.49. The Hall–Kier alpha value is -2.75. The highest BCUT2D eigenvalue weighted by molar-refractivity contribution is 5.86. The molecule has 1 amide bonds. The van der Waals surface area contributed by atoms with Gasteiger partial charge in [-0.05, 0) is 37.1 Å². The van der Waals surface area contributed by atoms with E-state index in [1.54, 1.807) is 6.08 Å². The van der Waals surface area contributed by atoms with Crippen molar-refractivity contribution in [3.05, 3.63) is 65.2 Å². The first-order valence-electron chi connectivity index (χ1n) is 7.34. The third kappa shape index (κ3) is 4.36. The molecule has 0 aromatic heterocycles. The number of carbonyl (C=O) groups excluding carboxylic acids is 1. The molecule has 0 saturated carbocycles. The van der Waals surface area contributed by atoms with E-state index in [1.165, 1.54) is 12.7 Å². The van der Waals surface area contributed by atoms with E-state index in [0.29, 0.717) is 12.3 Å². The number of ether oxygens (including phenoxy) is 2. The van der Waals surface area contributed by atoms with Crippen molar-refractivity contribution in [3.63, 3.8) is 0 Å². The van der Waals surface area contributed by atoms with Gasteiger partial charge in [-0.1, -0.05) is 42.5 Å². The van der Waals surface area contributed by atoms with Crippen LogP contribution in [-0.4, -0.2) is 13.2 Å². The van der Waals surface area contributed by atoms with Gasteiger partial charge in [0.05, 0.1) is 12.8 Å². The molecule has 0 bridgehead atoms. The van der Waals surface area contributed by atoms with Gasteiger partial charge < -0.3 is 9.47 Å². The lowest BCUT2D eigenvalue weighted by Crippen LogP contribution is -2.13. The van der Waals surface area contributed by atoms with E-state index in [0.717, 1.165) is 22.4 Å². The molecule has 120 valence electrons. The zero-order valence-electron chi connectivity index (χ0n) is 13.7. The maximum Gasteiger partial charge on any atom is 0.411 e. The summed E-state index contributed by atoms with van der Waals surface area (Å²) in [5, 5.41) is 2.71. The molecule has 0 unspecified atom stereocenters. The fourth-order valence-electron chi connectivity index (χ4n) is 2.24. The fourth-order valence-corrected chi connectivity index (χ4v) is 2.24. The molecule has 2 aromatic carbocycles. The van der Waals surface area contributed by atoms with Crippen molar-refractivity contribution >= 4 is 17.9 Å². The van der Waals surface area contributed by atoms with Crippen molar-refractivity contribution in [1.29, 1.82) is 0 Å². The average Bonchev–Trinajstić information content (AvgIpc) is 2.54. The van der Waals surface area contributed by atoms with Crippen molar-refractivity contribution in [1.82, 2.24) is 0 Å². The van der Waals surface area contributed by atoms with Crippen LogP contribution in [0.1, 0.15) is 22.3 Å². The summed E-state index contributed by atoms with van der Waals surface area (Å²) in [5.74, 6) is 0.826. The largest absolute Gasteiger partial charge is 0.489 e. The molecule has 0 spiro atoms. The molecule has 0 aliphatic heterocycles. The summed E-state index contributed by atoms with van der Waals surface area (Å²) in [6.45, 7) is 8.14. The summed E-state index contributed by atoms with van der Waals surface area (Å²) in [5.41, 5.74) is 4.69. The number of rotatable bonds is 5. The van der Waals surface area contributed by atoms with Gasteiger partial charge in [0.2, 0.25) is 0 Å². The van der Waals surface area contributed by atoms with Crippen molar-refractivity contribution in [3.8, 4) is 5.75 Å². The molecule has 0 fully saturated rings. The number of anilines is 1. The first-order valence-corrected chi connectivity index (χ1v) is 7.34. The van der Waals surface area contributed by atoms with Gasteiger partial charge in [0.1, 0.15) is 12.4 Å². The second-order valence-corrected chi connectivity index (χ2v) is 5.29. The van der Waals surface area contributed by atoms with E-state index < -0.39 is 6.09 Å². The lowest BCUT2D eigenvalue weighted by molar-refractivity contribution is 0.187. The third-order valence-electron chi connectivity index (χ3n) is 3.51. The fraction of sp³-hybridized carbons (Fsp3) is 0.211. The maximum atomic E-state index is 11.5. The molecular formula is C19H21NO3. The summed E-state index contributed by atoms with van der Waals surface area (Å²) >= 11 is 0. The predicted molar refractivity (Wildman–Crippen MR) is 92.8 cm³/mol. The lowest BCUT2D eigenvalue weighted by Gasteiger charge is -2.14. The summed E-state index contributed by atoms with van der Waals surface area (Å²) in [6.07, 6.45) is 1.20. The van der Waals surface area contributed by atoms with Crippen LogP contribution < -0.4 is 10.1 Å². The Balaban J connectivity index is 2.20. The average molecular weight is 311 g/mol. The Morgan fingerprint density at radius 2 is 2.00 bits per heavy atom. The molecule has 2 aromatic rings. The number of carbonyl (C=O) groups is 1. The van der Waals surface area contributed by atoms with E-state index in [1.807, 2.05) is 44.2 Å². The molecule has 23 heavy (non-hydrogen) atoms. The Morgan fingerprint density at radius 1 is 1.22 bits per heavy atom. The van der Waals surface area contributed by atoms with Gasteiger partial charge in [0.25, 0.3) is 0 Å². The molecular weight excluding hydrogens is 290 g/mol. The topological polar surface area (TPSA) is 47.6 Å². The van der Waals surface area contributed by atoms with Crippen LogP contribution in [0, 0.1) is 13.8 Å². The molecule has 0 radical (unpaired) electrons. The molecule has 1 N–H and O–H groups in total. The van der Waals surface area contributed by atoms with Crippen molar-refractivity contribution in [2.75, 3.05) is 12.4 Å². The molecule has 0 aliphatic carbocycles. The highest BCUT2D eigenvalue weighted by Gasteiger charge is 2.09. The molecule has 4 heteroatoms. The zero-order valence-corrected chi connectivity index (χ0v) is 13.7. The number of hydrogen-bond donors (Lipinski definition) is 1. The highest BCUT2D eigenvalue weighted by Crippen LogP contribution is 2.24. The Bertz CT molecular complexity index is 723. The summed E-state index contributed by atoms with van der Waals surface area (Å²) in [7, 11) is 1.33. The molecule has 0 saturated heterocycles. The first kappa shape index (κ1) is 16.6. The number of hydrogen-bond acceptors (Lipinski definition) is 3. The van der Waals surface area contributed by atoms with Crippen LogP contribution in [0.3, 0.4) is 0 Å². The van der Waals surface area contributed by atoms with E-state index >= 15 is 0 Å². The number of aryl methyl sites for hydroxylation is 2. The van der Waals surface area contributed by atoms with Crippen molar-refractivity contribution in [2.45, 2.75) is 20.5 Å². The minimum absolute atomic E-state index is 0.348. The zero-order chi connectivity index (χ0) is 16.8. The predicted octanol–water partition coefficient (Wildman–Crippen LogP) is 4.70. The van der Waals surface area contributed by atoms with Crippen LogP contribution >= 0.6 is 0 Å². The summed E-state index contributed by atoms with van der Waals surface area (Å²) in [6, 6.07) is 11.7. The van der Waals surface area contributed by atoms with Crippen molar-refractivity contribution < 1.29 is 14.3 Å². The number of methoxy groups -OCH3 is 1. The van der Waals surface area contributed by atoms with Gasteiger partial charge >= 0.3 is 6.09 Å². The standard InChI is InChI=1S/C19H21NO3/c1-5-15-7-8-16(17(11-15)20-19(21)22-4)12-23-18-9-6-13(2)10-14(18)3/h5-11H,1,12H2,2-4H3,(H,20,21). The minimum atomic E-state index is -0.515. The van der Waals surface area contributed by atoms with Crippen LogP contribution in [-0.2, 0) is 11.3 Å². The molecule has 2 rings (SSSR count). The Kier molecular flexibility index (Phi) is 5.41. The van der Waals surface area contributed by atoms with Crippen LogP contribution in [0.15, 0.2) is 43.0 Å². The van der Waals surface area contributed by atoms with Crippen LogP contribution in [0.4, 0.5) is 10.5 Å². The van der Waals surface area contributed by atoms with Gasteiger partial charge in [0.15, 0.2) is 0 Å². The van der Waals surface area contributed by atoms with Gasteiger partial charge in [-0.3, -0.25) is 5.32 Å². The first-order chi connectivity index (χ1) is 11.0. The minimum Gasteiger partial charge on any atom is -0.489 e. The summed E-state index contributed by atoms with van der Waals surface area (Å²) in [4.78, 5) is 11.5. The van der Waals surface area contributed by atoms with E-state index in [9.17, 15) is 4.79 Å². The lowest BCUT2D eigenvalue weighted by atomic mass is 10.1. The third-order valence-corrected chi connectivity index (χ3v) is 3.51. The van der Waals surface area contributed by atoms with Gasteiger partial charge in [-0.15, -0.1) is 0 Å². The monoisotopic (exact) mass is 311 g/mol. The van der Waals surface area contributed by atoms with Gasteiger partial charge in [0, 0.05) is 5.56 Å². The Morgan fingerprint density at radius 3 is 2.65 bits per heavy atom. The number of nitrogens with one attached hydrogen (secondary N) is 1. The molecule has 0 heterocycles. The SMILES string of the molecule is C=Cc1ccc(COc2ccc(C)cc2C)c(NC(=O)OC)c1. The van der Waals surface area contributed by atoms with Crippen LogP contribution in [0.2, 0.25) is 0 Å². The molecule has 0 aliphatic rings. The highest BCUT2D eigenvalue weighted by atomic mass is 16.5. The van der Waals surface area contributed by atoms with Gasteiger partial charge in [-0.2, -0.15) is 0 Å². The van der Waals surface area contributed by atoms with E-state index in [-0.39, 0.29) is 0 Å². The van der Waals surface area contributed by atoms with Gasteiger partial charge in [-0.25, -0.2) is 4.79 Å². The van der Waals surface area contributed by atoms with Crippen molar-refractivity contribution in [2.24, 2.45) is 0 Å². The van der Waals surface area contributed by atoms with E-state index in [2.05, 4.69) is 22.7 Å². The number of amides is 1. The Labute approximate surface area is 136 Å². The van der Waals surface area contributed by atoms with Crippen LogP contribution in [0.25, 0.3) is 6.08 Å². The number of benzene rings is 2. The van der Waals surface area contributed by atoms with Crippen LogP contribution in [0.5, 0.6) is 5.75 Å². The maximum absolute atomic E-state index is 11.5. The normalized spacial score (nSPS) is 10.0. The molecule has 4 nitrogen and oxygen atoms in total. The smallest absolute Gasteiger partial charge is 0.411 e.